The second-order valence-electron chi connectivity index (χ2n) is 4.41. The number of rotatable bonds is 5. The number of hydrogen-bond acceptors (Lipinski definition) is 2. The highest BCUT2D eigenvalue weighted by Gasteiger charge is 2.18. The molecule has 0 bridgehead atoms. The van der Waals surface area contributed by atoms with Crippen molar-refractivity contribution in [2.24, 2.45) is 5.73 Å². The van der Waals surface area contributed by atoms with Crippen LogP contribution in [-0.4, -0.2) is 11.9 Å². The van der Waals surface area contributed by atoms with Crippen LogP contribution in [-0.2, 0) is 4.79 Å². The van der Waals surface area contributed by atoms with Gasteiger partial charge >= 0.3 is 0 Å². The molecule has 0 aromatic heterocycles. The van der Waals surface area contributed by atoms with Gasteiger partial charge < -0.3 is 11.1 Å². The number of benzene rings is 1. The summed E-state index contributed by atoms with van der Waals surface area (Å²) >= 11 is 11.6. The average Bonchev–Trinajstić information content (AvgIpc) is 2.33. The summed E-state index contributed by atoms with van der Waals surface area (Å²) in [6, 6.07) is 1.54. The standard InChI is InChI=1S/C13H17Cl2FN2O/c1-3-4-12(17)13(19)18-7(2)8-5-11(16)10(15)6-9(8)14/h5-7,12H,3-4,17H2,1-2H3,(H,18,19). The summed E-state index contributed by atoms with van der Waals surface area (Å²) in [5, 5.41) is 2.97. The topological polar surface area (TPSA) is 55.1 Å². The first-order chi connectivity index (χ1) is 8.86. The zero-order valence-electron chi connectivity index (χ0n) is 10.8. The van der Waals surface area contributed by atoms with Gasteiger partial charge in [-0.1, -0.05) is 36.5 Å². The molecule has 3 nitrogen and oxygen atoms in total. The molecule has 0 saturated heterocycles. The second kappa shape index (κ2) is 7.08. The van der Waals surface area contributed by atoms with E-state index in [0.717, 1.165) is 6.42 Å². The summed E-state index contributed by atoms with van der Waals surface area (Å²) in [4.78, 5) is 11.8. The van der Waals surface area contributed by atoms with Gasteiger partial charge in [0.1, 0.15) is 5.82 Å². The molecule has 1 aromatic rings. The molecule has 0 aliphatic heterocycles. The summed E-state index contributed by atoms with van der Waals surface area (Å²) in [5.74, 6) is -0.846. The molecular weight excluding hydrogens is 290 g/mol. The van der Waals surface area contributed by atoms with Crippen LogP contribution in [0.2, 0.25) is 10.0 Å². The predicted octanol–water partition coefficient (Wildman–Crippen LogP) is 3.44. The van der Waals surface area contributed by atoms with Gasteiger partial charge in [-0.05, 0) is 31.0 Å². The lowest BCUT2D eigenvalue weighted by Gasteiger charge is -2.19. The van der Waals surface area contributed by atoms with Crippen LogP contribution in [0.3, 0.4) is 0 Å². The Kier molecular flexibility index (Phi) is 6.04. The number of nitrogens with one attached hydrogen (secondary N) is 1. The zero-order valence-corrected chi connectivity index (χ0v) is 12.4. The molecule has 1 rings (SSSR count). The lowest BCUT2D eigenvalue weighted by Crippen LogP contribution is -2.41. The normalized spacial score (nSPS) is 14.0. The summed E-state index contributed by atoms with van der Waals surface area (Å²) in [6.07, 6.45) is 1.42. The van der Waals surface area contributed by atoms with E-state index >= 15 is 0 Å². The maximum Gasteiger partial charge on any atom is 0.237 e. The van der Waals surface area contributed by atoms with E-state index in [-0.39, 0.29) is 10.9 Å². The molecule has 0 radical (unpaired) electrons. The predicted molar refractivity (Wildman–Crippen MR) is 75.9 cm³/mol. The number of halogens is 3. The van der Waals surface area contributed by atoms with Crippen LogP contribution in [0, 0.1) is 5.82 Å². The van der Waals surface area contributed by atoms with Gasteiger partial charge in [-0.3, -0.25) is 4.79 Å². The maximum atomic E-state index is 13.4. The van der Waals surface area contributed by atoms with Gasteiger partial charge in [0.05, 0.1) is 17.1 Å². The lowest BCUT2D eigenvalue weighted by molar-refractivity contribution is -0.123. The number of nitrogens with two attached hydrogens (primary N) is 1. The van der Waals surface area contributed by atoms with Gasteiger partial charge in [-0.2, -0.15) is 0 Å². The van der Waals surface area contributed by atoms with Crippen molar-refractivity contribution in [3.05, 3.63) is 33.6 Å². The second-order valence-corrected chi connectivity index (χ2v) is 5.23. The largest absolute Gasteiger partial charge is 0.348 e. The van der Waals surface area contributed by atoms with Crippen molar-refractivity contribution in [2.45, 2.75) is 38.8 Å². The van der Waals surface area contributed by atoms with Gasteiger partial charge in [0.15, 0.2) is 0 Å². The fourth-order valence-electron chi connectivity index (χ4n) is 1.71. The van der Waals surface area contributed by atoms with Gasteiger partial charge in [-0.15, -0.1) is 0 Å². The lowest BCUT2D eigenvalue weighted by atomic mass is 10.1. The number of amides is 1. The number of carbonyl (C=O) groups is 1. The van der Waals surface area contributed by atoms with Gasteiger partial charge in [0, 0.05) is 5.02 Å². The molecule has 0 fully saturated rings. The van der Waals surface area contributed by atoms with Crippen molar-refractivity contribution in [3.63, 3.8) is 0 Å². The molecule has 0 saturated carbocycles. The molecular formula is C13H17Cl2FN2O. The molecule has 0 spiro atoms. The zero-order chi connectivity index (χ0) is 14.6. The average molecular weight is 307 g/mol. The van der Waals surface area contributed by atoms with E-state index in [0.29, 0.717) is 17.0 Å². The third-order valence-corrected chi connectivity index (χ3v) is 3.42. The smallest absolute Gasteiger partial charge is 0.237 e. The molecule has 3 N–H and O–H groups in total. The monoisotopic (exact) mass is 306 g/mol. The third kappa shape index (κ3) is 4.34. The summed E-state index contributed by atoms with van der Waals surface area (Å²) < 4.78 is 13.4. The number of carbonyl (C=O) groups excluding carboxylic acids is 1. The van der Waals surface area contributed by atoms with E-state index in [1.807, 2.05) is 6.92 Å². The summed E-state index contributed by atoms with van der Waals surface area (Å²) in [6.45, 7) is 3.66. The Morgan fingerprint density at radius 3 is 2.63 bits per heavy atom. The van der Waals surface area contributed by atoms with Crippen LogP contribution in [0.4, 0.5) is 4.39 Å². The van der Waals surface area contributed by atoms with Crippen molar-refractivity contribution in [1.29, 1.82) is 0 Å². The maximum absolute atomic E-state index is 13.4. The first-order valence-corrected chi connectivity index (χ1v) is 6.82. The van der Waals surface area contributed by atoms with Crippen LogP contribution in [0.5, 0.6) is 0 Å². The van der Waals surface area contributed by atoms with Crippen LogP contribution in [0.25, 0.3) is 0 Å². The Morgan fingerprint density at radius 2 is 2.05 bits per heavy atom. The molecule has 2 atom stereocenters. The Bertz CT molecular complexity index is 468. The first-order valence-electron chi connectivity index (χ1n) is 6.07. The fourth-order valence-corrected chi connectivity index (χ4v) is 2.26. The van der Waals surface area contributed by atoms with Crippen molar-refractivity contribution >= 4 is 29.1 Å². The molecule has 0 aliphatic carbocycles. The van der Waals surface area contributed by atoms with E-state index in [1.165, 1.54) is 12.1 Å². The highest BCUT2D eigenvalue weighted by atomic mass is 35.5. The van der Waals surface area contributed by atoms with Crippen LogP contribution in [0.15, 0.2) is 12.1 Å². The van der Waals surface area contributed by atoms with Crippen molar-refractivity contribution < 1.29 is 9.18 Å². The van der Waals surface area contributed by atoms with Crippen LogP contribution < -0.4 is 11.1 Å². The van der Waals surface area contributed by atoms with E-state index in [9.17, 15) is 9.18 Å². The van der Waals surface area contributed by atoms with Gasteiger partial charge in [-0.25, -0.2) is 4.39 Å². The van der Waals surface area contributed by atoms with E-state index in [1.54, 1.807) is 6.92 Å². The molecule has 19 heavy (non-hydrogen) atoms. The molecule has 2 unspecified atom stereocenters. The number of hydrogen-bond donors (Lipinski definition) is 2. The van der Waals surface area contributed by atoms with Crippen molar-refractivity contribution in [1.82, 2.24) is 5.32 Å². The Morgan fingerprint density at radius 1 is 1.42 bits per heavy atom. The molecule has 6 heteroatoms. The highest BCUT2D eigenvalue weighted by Crippen LogP contribution is 2.28. The molecule has 1 amide bonds. The van der Waals surface area contributed by atoms with E-state index < -0.39 is 17.9 Å². The van der Waals surface area contributed by atoms with Crippen molar-refractivity contribution in [2.75, 3.05) is 0 Å². The Balaban J connectivity index is 2.81. The highest BCUT2D eigenvalue weighted by molar-refractivity contribution is 6.35. The fraction of sp³-hybridized carbons (Fsp3) is 0.462. The van der Waals surface area contributed by atoms with Crippen molar-refractivity contribution in [3.8, 4) is 0 Å². The third-order valence-electron chi connectivity index (χ3n) is 2.80. The summed E-state index contributed by atoms with van der Waals surface area (Å²) in [5.41, 5.74) is 6.18. The molecule has 1 aromatic carbocycles. The first kappa shape index (κ1) is 16.2. The molecule has 0 aliphatic rings. The van der Waals surface area contributed by atoms with Crippen LogP contribution in [0.1, 0.15) is 38.3 Å². The Labute approximate surface area is 122 Å². The minimum Gasteiger partial charge on any atom is -0.348 e. The quantitative estimate of drug-likeness (QED) is 0.819. The van der Waals surface area contributed by atoms with Gasteiger partial charge in [0.25, 0.3) is 0 Å². The van der Waals surface area contributed by atoms with E-state index in [4.69, 9.17) is 28.9 Å². The summed E-state index contributed by atoms with van der Waals surface area (Å²) in [7, 11) is 0. The molecule has 106 valence electrons. The minimum absolute atomic E-state index is 0.0463. The van der Waals surface area contributed by atoms with E-state index in [2.05, 4.69) is 5.32 Å². The van der Waals surface area contributed by atoms with Gasteiger partial charge in [0.2, 0.25) is 5.91 Å². The SMILES string of the molecule is CCCC(N)C(=O)NC(C)c1cc(F)c(Cl)cc1Cl. The minimum atomic E-state index is -0.569. The van der Waals surface area contributed by atoms with Crippen LogP contribution >= 0.6 is 23.2 Å². The Hall–Kier alpha value is -0.840. The molecule has 0 heterocycles.